The van der Waals surface area contributed by atoms with E-state index in [4.69, 9.17) is 10.5 Å². The third kappa shape index (κ3) is 2.69. The number of rotatable bonds is 4. The molecule has 0 saturated heterocycles. The second-order valence-electron chi connectivity index (χ2n) is 4.30. The lowest BCUT2D eigenvalue weighted by molar-refractivity contribution is -0.142. The van der Waals surface area contributed by atoms with Crippen LogP contribution in [0.25, 0.3) is 10.8 Å². The molecule has 0 radical (unpaired) electrons. The highest BCUT2D eigenvalue weighted by Gasteiger charge is 2.18. The quantitative estimate of drug-likeness (QED) is 0.852. The van der Waals surface area contributed by atoms with E-state index in [1.165, 1.54) is 7.11 Å². The number of hydrogen-bond acceptors (Lipinski definition) is 4. The van der Waals surface area contributed by atoms with Crippen molar-refractivity contribution in [2.45, 2.75) is 12.5 Å². The summed E-state index contributed by atoms with van der Waals surface area (Å²) in [4.78, 5) is 11.5. The fourth-order valence-electron chi connectivity index (χ4n) is 2.17. The van der Waals surface area contributed by atoms with E-state index in [9.17, 15) is 4.79 Å². The number of carbonyl (C=O) groups excluding carboxylic acids is 1. The molecule has 2 N–H and O–H groups in total. The summed E-state index contributed by atoms with van der Waals surface area (Å²) in [7, 11) is 2.94. The first-order valence-corrected chi connectivity index (χ1v) is 6.05. The van der Waals surface area contributed by atoms with Crippen molar-refractivity contribution in [2.24, 2.45) is 5.73 Å². The van der Waals surface area contributed by atoms with Crippen molar-refractivity contribution < 1.29 is 14.3 Å². The highest BCUT2D eigenvalue weighted by atomic mass is 16.5. The van der Waals surface area contributed by atoms with Gasteiger partial charge in [0, 0.05) is 12.0 Å². The molecule has 100 valence electrons. The molecule has 0 aromatic heterocycles. The molecule has 0 saturated carbocycles. The monoisotopic (exact) mass is 259 g/mol. The lowest BCUT2D eigenvalue weighted by Crippen LogP contribution is -2.33. The standard InChI is InChI=1S/C15H17NO3/c1-18-14-8-7-10-5-3-4-6-11(10)12(14)9-13(16)15(17)19-2/h3-8,13H,9,16H2,1-2H3/t13-/m1/s1. The van der Waals surface area contributed by atoms with Crippen LogP contribution in [0.5, 0.6) is 5.75 Å². The molecular weight excluding hydrogens is 242 g/mol. The van der Waals surface area contributed by atoms with Crippen LogP contribution in [-0.2, 0) is 16.0 Å². The first-order chi connectivity index (χ1) is 9.17. The van der Waals surface area contributed by atoms with Gasteiger partial charge in [-0.2, -0.15) is 0 Å². The summed E-state index contributed by atoms with van der Waals surface area (Å²) in [5.41, 5.74) is 6.77. The summed E-state index contributed by atoms with van der Waals surface area (Å²) in [6.07, 6.45) is 0.386. The first-order valence-electron chi connectivity index (χ1n) is 6.05. The molecule has 2 aromatic rings. The molecule has 0 amide bonds. The smallest absolute Gasteiger partial charge is 0.322 e. The van der Waals surface area contributed by atoms with Crippen LogP contribution in [0.3, 0.4) is 0 Å². The zero-order chi connectivity index (χ0) is 13.8. The SMILES string of the molecule is COC(=O)[C@H](N)Cc1c(OC)ccc2ccccc12. The number of benzene rings is 2. The number of carbonyl (C=O) groups is 1. The van der Waals surface area contributed by atoms with E-state index < -0.39 is 12.0 Å². The van der Waals surface area contributed by atoms with Crippen molar-refractivity contribution >= 4 is 16.7 Å². The summed E-state index contributed by atoms with van der Waals surface area (Å²) in [6.45, 7) is 0. The van der Waals surface area contributed by atoms with Crippen molar-refractivity contribution in [1.82, 2.24) is 0 Å². The third-order valence-corrected chi connectivity index (χ3v) is 3.15. The van der Waals surface area contributed by atoms with Gasteiger partial charge in [0.25, 0.3) is 0 Å². The number of hydrogen-bond donors (Lipinski definition) is 1. The van der Waals surface area contributed by atoms with E-state index in [1.54, 1.807) is 7.11 Å². The van der Waals surface area contributed by atoms with E-state index >= 15 is 0 Å². The van der Waals surface area contributed by atoms with Crippen molar-refractivity contribution in [2.75, 3.05) is 14.2 Å². The predicted octanol–water partition coefficient (Wildman–Crippen LogP) is 1.89. The minimum Gasteiger partial charge on any atom is -0.496 e. The Balaban J connectivity index is 2.47. The maximum Gasteiger partial charge on any atom is 0.322 e. The van der Waals surface area contributed by atoms with Gasteiger partial charge < -0.3 is 15.2 Å². The minimum atomic E-state index is -0.690. The van der Waals surface area contributed by atoms with Crippen LogP contribution in [0, 0.1) is 0 Å². The normalized spacial score (nSPS) is 12.2. The molecule has 2 rings (SSSR count). The summed E-state index contributed by atoms with van der Waals surface area (Å²) >= 11 is 0. The van der Waals surface area contributed by atoms with Gasteiger partial charge in [0.15, 0.2) is 0 Å². The molecule has 4 heteroatoms. The van der Waals surface area contributed by atoms with Crippen LogP contribution in [-0.4, -0.2) is 26.2 Å². The number of methoxy groups -OCH3 is 2. The Morgan fingerprint density at radius 3 is 2.63 bits per heavy atom. The molecule has 1 atom stereocenters. The van der Waals surface area contributed by atoms with Gasteiger partial charge >= 0.3 is 5.97 Å². The molecule has 19 heavy (non-hydrogen) atoms. The summed E-state index contributed by atoms with van der Waals surface area (Å²) in [5, 5.41) is 2.14. The Bertz CT molecular complexity index is 595. The molecule has 0 aliphatic heterocycles. The number of nitrogens with two attached hydrogens (primary N) is 1. The van der Waals surface area contributed by atoms with Crippen LogP contribution in [0.1, 0.15) is 5.56 Å². The van der Waals surface area contributed by atoms with Crippen molar-refractivity contribution in [3.8, 4) is 5.75 Å². The van der Waals surface area contributed by atoms with E-state index in [-0.39, 0.29) is 0 Å². The molecule has 0 aliphatic rings. The first kappa shape index (κ1) is 13.4. The van der Waals surface area contributed by atoms with E-state index in [0.717, 1.165) is 22.1 Å². The summed E-state index contributed by atoms with van der Waals surface area (Å²) in [5.74, 6) is 0.313. The Kier molecular flexibility index (Phi) is 4.02. The Morgan fingerprint density at radius 1 is 1.21 bits per heavy atom. The molecule has 0 heterocycles. The van der Waals surface area contributed by atoms with Gasteiger partial charge in [-0.15, -0.1) is 0 Å². The van der Waals surface area contributed by atoms with Crippen molar-refractivity contribution in [3.05, 3.63) is 42.0 Å². The second-order valence-corrected chi connectivity index (χ2v) is 4.30. The van der Waals surface area contributed by atoms with Crippen LogP contribution in [0.15, 0.2) is 36.4 Å². The van der Waals surface area contributed by atoms with Crippen molar-refractivity contribution in [3.63, 3.8) is 0 Å². The molecule has 0 fully saturated rings. The van der Waals surface area contributed by atoms with Crippen molar-refractivity contribution in [1.29, 1.82) is 0 Å². The molecule has 0 spiro atoms. The average Bonchev–Trinajstić information content (AvgIpc) is 2.46. The van der Waals surface area contributed by atoms with Gasteiger partial charge in [-0.3, -0.25) is 4.79 Å². The molecule has 0 aliphatic carbocycles. The van der Waals surface area contributed by atoms with E-state index in [1.807, 2.05) is 36.4 Å². The van der Waals surface area contributed by atoms with Crippen LogP contribution >= 0.6 is 0 Å². The Labute approximate surface area is 112 Å². The number of ether oxygens (including phenoxy) is 2. The van der Waals surface area contributed by atoms with Gasteiger partial charge in [0.2, 0.25) is 0 Å². The number of esters is 1. The summed E-state index contributed by atoms with van der Waals surface area (Å²) < 4.78 is 10.0. The van der Waals surface area contributed by atoms with E-state index in [0.29, 0.717) is 6.42 Å². The molecular formula is C15H17NO3. The molecule has 2 aromatic carbocycles. The average molecular weight is 259 g/mol. The lowest BCUT2D eigenvalue weighted by Gasteiger charge is -2.15. The Hall–Kier alpha value is -2.07. The van der Waals surface area contributed by atoms with Crippen LogP contribution < -0.4 is 10.5 Å². The highest BCUT2D eigenvalue weighted by Crippen LogP contribution is 2.28. The zero-order valence-corrected chi connectivity index (χ0v) is 11.1. The molecule has 4 nitrogen and oxygen atoms in total. The Morgan fingerprint density at radius 2 is 1.95 bits per heavy atom. The zero-order valence-electron chi connectivity index (χ0n) is 11.1. The van der Waals surface area contributed by atoms with Crippen LogP contribution in [0.4, 0.5) is 0 Å². The third-order valence-electron chi connectivity index (χ3n) is 3.15. The lowest BCUT2D eigenvalue weighted by atomic mass is 9.98. The van der Waals surface area contributed by atoms with E-state index in [2.05, 4.69) is 4.74 Å². The summed E-state index contributed by atoms with van der Waals surface area (Å²) in [6, 6.07) is 11.1. The number of fused-ring (bicyclic) bond motifs is 1. The fourth-order valence-corrected chi connectivity index (χ4v) is 2.17. The maximum atomic E-state index is 11.5. The van der Waals surface area contributed by atoms with Gasteiger partial charge in [0.1, 0.15) is 11.8 Å². The molecule has 0 unspecified atom stereocenters. The van der Waals surface area contributed by atoms with Gasteiger partial charge in [0.05, 0.1) is 14.2 Å². The van der Waals surface area contributed by atoms with Gasteiger partial charge in [-0.1, -0.05) is 30.3 Å². The second kappa shape index (κ2) is 5.71. The van der Waals surface area contributed by atoms with Gasteiger partial charge in [-0.05, 0) is 16.8 Å². The largest absolute Gasteiger partial charge is 0.496 e. The molecule has 0 bridgehead atoms. The maximum absolute atomic E-state index is 11.5. The minimum absolute atomic E-state index is 0.386. The highest BCUT2D eigenvalue weighted by molar-refractivity contribution is 5.88. The predicted molar refractivity (Wildman–Crippen MR) is 74.2 cm³/mol. The van der Waals surface area contributed by atoms with Gasteiger partial charge in [-0.25, -0.2) is 0 Å². The fraction of sp³-hybridized carbons (Fsp3) is 0.267. The van der Waals surface area contributed by atoms with Crippen LogP contribution in [0.2, 0.25) is 0 Å². The topological polar surface area (TPSA) is 61.5 Å².